The SMILES string of the molecule is COC(=O)OC(C)C1=C(C)[C@@H](O)CCC1(C)C. The highest BCUT2D eigenvalue weighted by Gasteiger charge is 2.36. The predicted molar refractivity (Wildman–Crippen MR) is 64.7 cm³/mol. The predicted octanol–water partition coefficient (Wildman–Crippen LogP) is 2.66. The summed E-state index contributed by atoms with van der Waals surface area (Å²) in [6.45, 7) is 7.93. The maximum absolute atomic E-state index is 11.1. The van der Waals surface area contributed by atoms with E-state index < -0.39 is 12.3 Å². The third-order valence-corrected chi connectivity index (χ3v) is 3.54. The second-order valence-electron chi connectivity index (χ2n) is 5.25. The topological polar surface area (TPSA) is 55.8 Å². The normalized spacial score (nSPS) is 25.4. The van der Waals surface area contributed by atoms with Gasteiger partial charge in [0.15, 0.2) is 0 Å². The summed E-state index contributed by atoms with van der Waals surface area (Å²) in [6, 6.07) is 0. The first-order chi connectivity index (χ1) is 7.79. The standard InChI is InChI=1S/C13H22O4/c1-8-10(14)6-7-13(3,4)11(8)9(2)17-12(15)16-5/h9-10,14H,6-7H2,1-5H3/t9?,10-/m0/s1. The third kappa shape index (κ3) is 3.00. The van der Waals surface area contributed by atoms with E-state index in [1.165, 1.54) is 7.11 Å². The number of ether oxygens (including phenoxy) is 2. The van der Waals surface area contributed by atoms with Crippen LogP contribution in [0.4, 0.5) is 4.79 Å². The van der Waals surface area contributed by atoms with Crippen LogP contribution in [-0.4, -0.2) is 30.6 Å². The van der Waals surface area contributed by atoms with Crippen molar-refractivity contribution < 1.29 is 19.4 Å². The number of hydrogen-bond donors (Lipinski definition) is 1. The molecule has 0 aliphatic heterocycles. The lowest BCUT2D eigenvalue weighted by molar-refractivity contribution is 0.0430. The fourth-order valence-electron chi connectivity index (χ4n) is 2.68. The van der Waals surface area contributed by atoms with E-state index >= 15 is 0 Å². The molecule has 0 amide bonds. The highest BCUT2D eigenvalue weighted by Crippen LogP contribution is 2.42. The molecule has 0 fully saturated rings. The molecule has 0 saturated carbocycles. The van der Waals surface area contributed by atoms with Crippen LogP contribution in [-0.2, 0) is 9.47 Å². The Labute approximate surface area is 103 Å². The number of methoxy groups -OCH3 is 1. The van der Waals surface area contributed by atoms with Gasteiger partial charge in [-0.25, -0.2) is 4.79 Å². The van der Waals surface area contributed by atoms with Crippen LogP contribution in [0.15, 0.2) is 11.1 Å². The van der Waals surface area contributed by atoms with Gasteiger partial charge < -0.3 is 14.6 Å². The molecule has 0 aromatic rings. The molecular formula is C13H22O4. The quantitative estimate of drug-likeness (QED) is 0.597. The van der Waals surface area contributed by atoms with Gasteiger partial charge in [0, 0.05) is 0 Å². The molecule has 0 aromatic heterocycles. The van der Waals surface area contributed by atoms with Crippen LogP contribution in [0.2, 0.25) is 0 Å². The van der Waals surface area contributed by atoms with Crippen LogP contribution in [0.25, 0.3) is 0 Å². The number of rotatable bonds is 2. The Balaban J connectivity index is 2.97. The minimum Gasteiger partial charge on any atom is -0.438 e. The van der Waals surface area contributed by atoms with Crippen molar-refractivity contribution in [2.75, 3.05) is 7.11 Å². The molecule has 4 nitrogen and oxygen atoms in total. The van der Waals surface area contributed by atoms with E-state index in [-0.39, 0.29) is 11.5 Å². The zero-order valence-corrected chi connectivity index (χ0v) is 11.2. The maximum atomic E-state index is 11.1. The molecule has 1 aliphatic carbocycles. The summed E-state index contributed by atoms with van der Waals surface area (Å²) < 4.78 is 9.66. The monoisotopic (exact) mass is 242 g/mol. The van der Waals surface area contributed by atoms with Crippen molar-refractivity contribution in [2.24, 2.45) is 5.41 Å². The summed E-state index contributed by atoms with van der Waals surface area (Å²) in [7, 11) is 1.29. The molecule has 1 unspecified atom stereocenters. The van der Waals surface area contributed by atoms with E-state index in [0.29, 0.717) is 0 Å². The van der Waals surface area contributed by atoms with Crippen molar-refractivity contribution in [3.63, 3.8) is 0 Å². The molecule has 4 heteroatoms. The van der Waals surface area contributed by atoms with Crippen LogP contribution in [0.3, 0.4) is 0 Å². The molecule has 0 saturated heterocycles. The van der Waals surface area contributed by atoms with Gasteiger partial charge in [-0.3, -0.25) is 0 Å². The van der Waals surface area contributed by atoms with Crippen molar-refractivity contribution in [1.82, 2.24) is 0 Å². The molecule has 17 heavy (non-hydrogen) atoms. The van der Waals surface area contributed by atoms with E-state index in [9.17, 15) is 9.90 Å². The number of aliphatic hydroxyl groups is 1. The lowest BCUT2D eigenvalue weighted by Crippen LogP contribution is -2.34. The summed E-state index contributed by atoms with van der Waals surface area (Å²) in [5.41, 5.74) is 1.86. The zero-order chi connectivity index (χ0) is 13.2. The second kappa shape index (κ2) is 5.08. The summed E-state index contributed by atoms with van der Waals surface area (Å²) in [5, 5.41) is 9.89. The zero-order valence-electron chi connectivity index (χ0n) is 11.2. The summed E-state index contributed by atoms with van der Waals surface area (Å²) in [6.07, 6.45) is 0.158. The first-order valence-corrected chi connectivity index (χ1v) is 5.93. The van der Waals surface area contributed by atoms with Gasteiger partial charge in [0.05, 0.1) is 13.2 Å². The van der Waals surface area contributed by atoms with Crippen LogP contribution >= 0.6 is 0 Å². The van der Waals surface area contributed by atoms with E-state index in [1.807, 2.05) is 13.8 Å². The van der Waals surface area contributed by atoms with Crippen molar-refractivity contribution in [2.45, 2.75) is 52.7 Å². The molecule has 0 bridgehead atoms. The summed E-state index contributed by atoms with van der Waals surface area (Å²) >= 11 is 0. The first kappa shape index (κ1) is 14.0. The largest absolute Gasteiger partial charge is 0.508 e. The minimum atomic E-state index is -0.686. The molecule has 0 heterocycles. The van der Waals surface area contributed by atoms with Crippen molar-refractivity contribution >= 4 is 6.16 Å². The van der Waals surface area contributed by atoms with Gasteiger partial charge in [0.1, 0.15) is 6.10 Å². The van der Waals surface area contributed by atoms with Gasteiger partial charge in [0.2, 0.25) is 0 Å². The number of carbonyl (C=O) groups is 1. The maximum Gasteiger partial charge on any atom is 0.508 e. The van der Waals surface area contributed by atoms with Crippen LogP contribution in [0.1, 0.15) is 40.5 Å². The molecule has 1 aliphatic rings. The van der Waals surface area contributed by atoms with E-state index in [4.69, 9.17) is 4.74 Å². The fourth-order valence-corrected chi connectivity index (χ4v) is 2.68. The van der Waals surface area contributed by atoms with Crippen molar-refractivity contribution in [3.05, 3.63) is 11.1 Å². The first-order valence-electron chi connectivity index (χ1n) is 5.93. The van der Waals surface area contributed by atoms with Crippen molar-refractivity contribution in [1.29, 1.82) is 0 Å². The van der Waals surface area contributed by atoms with Crippen molar-refractivity contribution in [3.8, 4) is 0 Å². The number of hydrogen-bond acceptors (Lipinski definition) is 4. The number of carbonyl (C=O) groups excluding carboxylic acids is 1. The summed E-state index contributed by atoms with van der Waals surface area (Å²) in [5.74, 6) is 0. The molecule has 1 N–H and O–H groups in total. The molecule has 0 radical (unpaired) electrons. The molecule has 0 spiro atoms. The Hall–Kier alpha value is -1.03. The Morgan fingerprint density at radius 2 is 2.12 bits per heavy atom. The average Bonchev–Trinajstić information content (AvgIpc) is 2.23. The molecule has 0 aromatic carbocycles. The van der Waals surface area contributed by atoms with Gasteiger partial charge in [-0.05, 0) is 43.3 Å². The van der Waals surface area contributed by atoms with Gasteiger partial charge >= 0.3 is 6.16 Å². The molecule has 2 atom stereocenters. The highest BCUT2D eigenvalue weighted by atomic mass is 16.7. The Morgan fingerprint density at radius 3 is 2.65 bits per heavy atom. The second-order valence-corrected chi connectivity index (χ2v) is 5.25. The molecule has 1 rings (SSSR count). The van der Waals surface area contributed by atoms with Crippen LogP contribution in [0, 0.1) is 5.41 Å². The molecule has 98 valence electrons. The molecular weight excluding hydrogens is 220 g/mol. The van der Waals surface area contributed by atoms with Gasteiger partial charge in [0.25, 0.3) is 0 Å². The van der Waals surface area contributed by atoms with Crippen LogP contribution in [0.5, 0.6) is 0 Å². The smallest absolute Gasteiger partial charge is 0.438 e. The number of aliphatic hydroxyl groups excluding tert-OH is 1. The van der Waals surface area contributed by atoms with E-state index in [0.717, 1.165) is 24.0 Å². The van der Waals surface area contributed by atoms with Crippen LogP contribution < -0.4 is 0 Å². The Bertz CT molecular complexity index is 330. The average molecular weight is 242 g/mol. The summed E-state index contributed by atoms with van der Waals surface area (Å²) in [4.78, 5) is 11.1. The lowest BCUT2D eigenvalue weighted by Gasteiger charge is -2.39. The van der Waals surface area contributed by atoms with Gasteiger partial charge in [-0.2, -0.15) is 0 Å². The third-order valence-electron chi connectivity index (χ3n) is 3.54. The van der Waals surface area contributed by atoms with Gasteiger partial charge in [-0.15, -0.1) is 0 Å². The Kier molecular flexibility index (Phi) is 4.20. The minimum absolute atomic E-state index is 0.0588. The lowest BCUT2D eigenvalue weighted by atomic mass is 9.70. The van der Waals surface area contributed by atoms with Gasteiger partial charge in [-0.1, -0.05) is 13.8 Å². The van der Waals surface area contributed by atoms with E-state index in [1.54, 1.807) is 0 Å². The Morgan fingerprint density at radius 1 is 1.53 bits per heavy atom. The fraction of sp³-hybridized carbons (Fsp3) is 0.769. The van der Waals surface area contributed by atoms with E-state index in [2.05, 4.69) is 18.6 Å². The highest BCUT2D eigenvalue weighted by molar-refractivity contribution is 5.60.